The fourth-order valence-electron chi connectivity index (χ4n) is 2.20. The third kappa shape index (κ3) is 5.90. The third-order valence-corrected chi connectivity index (χ3v) is 3.45. The summed E-state index contributed by atoms with van der Waals surface area (Å²) in [6.45, 7) is 8.37. The molecule has 0 fully saturated rings. The summed E-state index contributed by atoms with van der Waals surface area (Å²) >= 11 is 6.00. The molecule has 21 heavy (non-hydrogen) atoms. The zero-order valence-corrected chi connectivity index (χ0v) is 13.8. The van der Waals surface area contributed by atoms with Crippen LogP contribution in [0.25, 0.3) is 0 Å². The van der Waals surface area contributed by atoms with E-state index >= 15 is 0 Å². The highest BCUT2D eigenvalue weighted by Gasteiger charge is 2.07. The molecule has 0 aliphatic heterocycles. The fourth-order valence-corrected chi connectivity index (χ4v) is 2.41. The number of benzene rings is 1. The summed E-state index contributed by atoms with van der Waals surface area (Å²) < 4.78 is 1.97. The monoisotopic (exact) mass is 305 g/mol. The van der Waals surface area contributed by atoms with Gasteiger partial charge in [-0.3, -0.25) is 4.68 Å². The summed E-state index contributed by atoms with van der Waals surface area (Å²) in [6, 6.07) is 7.92. The van der Waals surface area contributed by atoms with E-state index in [0.717, 1.165) is 31.0 Å². The lowest BCUT2D eigenvalue weighted by atomic mass is 10.1. The topological polar surface area (TPSA) is 29.9 Å². The molecule has 0 aliphatic carbocycles. The highest BCUT2D eigenvalue weighted by Crippen LogP contribution is 2.12. The Balaban J connectivity index is 1.81. The minimum absolute atomic E-state index is 0.191. The number of rotatable bonds is 6. The average molecular weight is 306 g/mol. The number of nitrogens with zero attached hydrogens (tertiary/aromatic N) is 2. The van der Waals surface area contributed by atoms with Gasteiger partial charge in [0.15, 0.2) is 0 Å². The predicted molar refractivity (Wildman–Crippen MR) is 88.9 cm³/mol. The third-order valence-electron chi connectivity index (χ3n) is 3.22. The van der Waals surface area contributed by atoms with E-state index in [-0.39, 0.29) is 5.54 Å². The average Bonchev–Trinajstić information content (AvgIpc) is 2.81. The van der Waals surface area contributed by atoms with E-state index in [1.165, 1.54) is 11.1 Å². The van der Waals surface area contributed by atoms with Crippen molar-refractivity contribution in [2.24, 2.45) is 0 Å². The van der Waals surface area contributed by atoms with Crippen molar-refractivity contribution in [2.75, 3.05) is 6.54 Å². The molecule has 0 amide bonds. The van der Waals surface area contributed by atoms with Crippen molar-refractivity contribution >= 4 is 11.6 Å². The van der Waals surface area contributed by atoms with Crippen LogP contribution in [0.1, 0.15) is 38.3 Å². The smallest absolute Gasteiger partial charge is 0.0659 e. The van der Waals surface area contributed by atoms with Crippen molar-refractivity contribution in [2.45, 2.75) is 45.7 Å². The second-order valence-electron chi connectivity index (χ2n) is 6.46. The van der Waals surface area contributed by atoms with Crippen molar-refractivity contribution in [3.8, 4) is 0 Å². The Morgan fingerprint density at radius 1 is 1.24 bits per heavy atom. The summed E-state index contributed by atoms with van der Waals surface area (Å²) in [5.74, 6) is 0. The maximum atomic E-state index is 6.00. The van der Waals surface area contributed by atoms with E-state index in [0.29, 0.717) is 0 Å². The molecule has 0 unspecified atom stereocenters. The number of halogens is 1. The number of aromatic nitrogens is 2. The SMILES string of the molecule is CC(C)(C)NCCCc1cnn(Cc2cccc(Cl)c2)c1. The van der Waals surface area contributed by atoms with E-state index in [9.17, 15) is 0 Å². The summed E-state index contributed by atoms with van der Waals surface area (Å²) in [7, 11) is 0. The summed E-state index contributed by atoms with van der Waals surface area (Å²) in [5, 5.41) is 8.70. The van der Waals surface area contributed by atoms with Gasteiger partial charge in [-0.2, -0.15) is 5.10 Å². The van der Waals surface area contributed by atoms with Crippen LogP contribution in [0, 0.1) is 0 Å². The van der Waals surface area contributed by atoms with Crippen LogP contribution in [0.5, 0.6) is 0 Å². The molecule has 0 saturated heterocycles. The van der Waals surface area contributed by atoms with Crippen LogP contribution < -0.4 is 5.32 Å². The molecule has 1 aromatic carbocycles. The van der Waals surface area contributed by atoms with Crippen LogP contribution in [0.2, 0.25) is 5.02 Å². The zero-order valence-electron chi connectivity index (χ0n) is 13.1. The van der Waals surface area contributed by atoms with Crippen molar-refractivity contribution < 1.29 is 0 Å². The van der Waals surface area contributed by atoms with Gasteiger partial charge in [-0.25, -0.2) is 0 Å². The number of aryl methyl sites for hydroxylation is 1. The van der Waals surface area contributed by atoms with Crippen molar-refractivity contribution in [1.29, 1.82) is 0 Å². The predicted octanol–water partition coefficient (Wildman–Crippen LogP) is 3.91. The fraction of sp³-hybridized carbons (Fsp3) is 0.471. The summed E-state index contributed by atoms with van der Waals surface area (Å²) in [6.07, 6.45) is 6.26. The van der Waals surface area contributed by atoms with E-state index in [1.807, 2.05) is 29.1 Å². The van der Waals surface area contributed by atoms with Crippen LogP contribution >= 0.6 is 11.6 Å². The molecule has 1 N–H and O–H groups in total. The Bertz CT molecular complexity index is 569. The second-order valence-corrected chi connectivity index (χ2v) is 6.89. The molecule has 0 bridgehead atoms. The molecule has 0 aliphatic rings. The van der Waals surface area contributed by atoms with Gasteiger partial charge in [-0.15, -0.1) is 0 Å². The Kier molecular flexibility index (Phi) is 5.43. The first-order valence-electron chi connectivity index (χ1n) is 7.43. The summed E-state index contributed by atoms with van der Waals surface area (Å²) in [5.41, 5.74) is 2.65. The van der Waals surface area contributed by atoms with Gasteiger partial charge < -0.3 is 5.32 Å². The number of hydrogen-bond donors (Lipinski definition) is 1. The first kappa shape index (κ1) is 16.1. The largest absolute Gasteiger partial charge is 0.312 e. The molecule has 0 spiro atoms. The maximum absolute atomic E-state index is 6.00. The lowest BCUT2D eigenvalue weighted by Crippen LogP contribution is -2.36. The lowest BCUT2D eigenvalue weighted by molar-refractivity contribution is 0.422. The van der Waals surface area contributed by atoms with Crippen molar-refractivity contribution in [3.63, 3.8) is 0 Å². The molecule has 3 nitrogen and oxygen atoms in total. The Hall–Kier alpha value is -1.32. The van der Waals surface area contributed by atoms with Crippen LogP contribution in [0.15, 0.2) is 36.7 Å². The number of nitrogens with one attached hydrogen (secondary N) is 1. The van der Waals surface area contributed by atoms with Crippen LogP contribution in [-0.4, -0.2) is 21.9 Å². The van der Waals surface area contributed by atoms with Gasteiger partial charge in [0, 0.05) is 16.8 Å². The summed E-state index contributed by atoms with van der Waals surface area (Å²) in [4.78, 5) is 0. The Labute approximate surface area is 132 Å². The highest BCUT2D eigenvalue weighted by atomic mass is 35.5. The van der Waals surface area contributed by atoms with E-state index in [2.05, 4.69) is 43.4 Å². The van der Waals surface area contributed by atoms with Crippen molar-refractivity contribution in [1.82, 2.24) is 15.1 Å². The van der Waals surface area contributed by atoms with Gasteiger partial charge in [0.2, 0.25) is 0 Å². The molecule has 4 heteroatoms. The number of hydrogen-bond acceptors (Lipinski definition) is 2. The van der Waals surface area contributed by atoms with E-state index < -0.39 is 0 Å². The second kappa shape index (κ2) is 7.10. The molecule has 2 aromatic rings. The first-order valence-corrected chi connectivity index (χ1v) is 7.81. The zero-order chi connectivity index (χ0) is 15.3. The molecule has 2 rings (SSSR count). The van der Waals surface area contributed by atoms with Gasteiger partial charge in [0.1, 0.15) is 0 Å². The molecule has 114 valence electrons. The molecular formula is C17H24ClN3. The minimum Gasteiger partial charge on any atom is -0.312 e. The maximum Gasteiger partial charge on any atom is 0.0659 e. The molecule has 1 heterocycles. The Morgan fingerprint density at radius 3 is 2.76 bits per heavy atom. The molecular weight excluding hydrogens is 282 g/mol. The van der Waals surface area contributed by atoms with Gasteiger partial charge in [-0.05, 0) is 63.4 Å². The van der Waals surface area contributed by atoms with Crippen LogP contribution in [-0.2, 0) is 13.0 Å². The standard InChI is InChI=1S/C17H24ClN3/c1-17(2,3)19-9-5-7-15-11-20-21(13-15)12-14-6-4-8-16(18)10-14/h4,6,8,10-11,13,19H,5,7,9,12H2,1-3H3. The first-order chi connectivity index (χ1) is 9.92. The van der Waals surface area contributed by atoms with E-state index in [4.69, 9.17) is 11.6 Å². The van der Waals surface area contributed by atoms with Gasteiger partial charge in [0.25, 0.3) is 0 Å². The Morgan fingerprint density at radius 2 is 2.05 bits per heavy atom. The normalized spacial score (nSPS) is 11.8. The van der Waals surface area contributed by atoms with Crippen molar-refractivity contribution in [3.05, 3.63) is 52.8 Å². The lowest BCUT2D eigenvalue weighted by Gasteiger charge is -2.20. The van der Waals surface area contributed by atoms with Crippen LogP contribution in [0.3, 0.4) is 0 Å². The minimum atomic E-state index is 0.191. The van der Waals surface area contributed by atoms with Gasteiger partial charge >= 0.3 is 0 Å². The quantitative estimate of drug-likeness (QED) is 0.820. The molecule has 0 saturated carbocycles. The highest BCUT2D eigenvalue weighted by molar-refractivity contribution is 6.30. The van der Waals surface area contributed by atoms with Gasteiger partial charge in [-0.1, -0.05) is 23.7 Å². The molecule has 0 atom stereocenters. The van der Waals surface area contributed by atoms with E-state index in [1.54, 1.807) is 0 Å². The van der Waals surface area contributed by atoms with Crippen LogP contribution in [0.4, 0.5) is 0 Å². The van der Waals surface area contributed by atoms with Gasteiger partial charge in [0.05, 0.1) is 12.7 Å². The molecule has 0 radical (unpaired) electrons. The molecule has 1 aromatic heterocycles.